The zero-order valence-electron chi connectivity index (χ0n) is 15.1. The van der Waals surface area contributed by atoms with Crippen LogP contribution >= 0.6 is 0 Å². The molecule has 2 saturated heterocycles. The van der Waals surface area contributed by atoms with Crippen molar-refractivity contribution < 1.29 is 4.43 Å². The van der Waals surface area contributed by atoms with Gasteiger partial charge in [-0.25, -0.2) is 0 Å². The van der Waals surface area contributed by atoms with Crippen LogP contribution in [0.15, 0.2) is 0 Å². The van der Waals surface area contributed by atoms with Crippen molar-refractivity contribution in [2.24, 2.45) is 0 Å². The van der Waals surface area contributed by atoms with Crippen molar-refractivity contribution in [3.8, 4) is 0 Å². The van der Waals surface area contributed by atoms with Crippen molar-refractivity contribution in [1.82, 2.24) is 9.13 Å². The molecule has 2 aliphatic rings. The van der Waals surface area contributed by atoms with Crippen LogP contribution in [0.3, 0.4) is 0 Å². The molecule has 0 radical (unpaired) electrons. The summed E-state index contributed by atoms with van der Waals surface area (Å²) in [7, 11) is -2.03. The summed E-state index contributed by atoms with van der Waals surface area (Å²) < 4.78 is 12.2. The minimum absolute atomic E-state index is 0.665. The van der Waals surface area contributed by atoms with Gasteiger partial charge in [0.1, 0.15) is 0 Å². The van der Waals surface area contributed by atoms with Crippen LogP contribution in [0, 0.1) is 0 Å². The van der Waals surface area contributed by atoms with Gasteiger partial charge < -0.3 is 4.43 Å². The summed E-state index contributed by atoms with van der Waals surface area (Å²) in [4.78, 5) is 0. The Kier molecular flexibility index (Phi) is 5.91. The van der Waals surface area contributed by atoms with Gasteiger partial charge >= 0.3 is 8.64 Å². The molecule has 0 spiro atoms. The molecule has 0 bridgehead atoms. The number of hydrogen-bond acceptors (Lipinski definition) is 3. The summed E-state index contributed by atoms with van der Waals surface area (Å²) in [5, 5.41) is 0. The highest BCUT2D eigenvalue weighted by Gasteiger charge is 2.52. The molecule has 0 N–H and O–H groups in total. The summed E-state index contributed by atoms with van der Waals surface area (Å²) in [6.07, 6.45) is 8.07. The average molecular weight is 313 g/mol. The molecular formula is C17H36N2OSi. The van der Waals surface area contributed by atoms with Crippen LogP contribution in [0.4, 0.5) is 0 Å². The van der Waals surface area contributed by atoms with E-state index >= 15 is 0 Å². The highest BCUT2D eigenvalue weighted by Crippen LogP contribution is 2.36. The molecule has 0 aliphatic carbocycles. The molecule has 2 rings (SSSR count). The van der Waals surface area contributed by atoms with Crippen molar-refractivity contribution in [3.05, 3.63) is 0 Å². The van der Waals surface area contributed by atoms with Gasteiger partial charge in [0.15, 0.2) is 0 Å². The maximum absolute atomic E-state index is 6.58. The van der Waals surface area contributed by atoms with Crippen molar-refractivity contribution in [2.75, 3.05) is 6.61 Å². The lowest BCUT2D eigenvalue weighted by atomic mass is 10.0. The average Bonchev–Trinajstić information content (AvgIpc) is 2.38. The van der Waals surface area contributed by atoms with E-state index in [-0.39, 0.29) is 0 Å². The molecule has 3 nitrogen and oxygen atoms in total. The Morgan fingerprint density at radius 1 is 0.810 bits per heavy atom. The zero-order valence-corrected chi connectivity index (χ0v) is 16.1. The summed E-state index contributed by atoms with van der Waals surface area (Å²) in [5.41, 5.74) is 0. The molecule has 4 atom stereocenters. The van der Waals surface area contributed by atoms with Gasteiger partial charge in [-0.15, -0.1) is 0 Å². The molecule has 0 unspecified atom stereocenters. The van der Waals surface area contributed by atoms with Crippen molar-refractivity contribution in [1.29, 1.82) is 0 Å². The molecule has 0 aromatic rings. The van der Waals surface area contributed by atoms with Crippen LogP contribution < -0.4 is 0 Å². The fraction of sp³-hybridized carbons (Fsp3) is 1.00. The Morgan fingerprint density at radius 3 is 1.43 bits per heavy atom. The molecule has 0 amide bonds. The number of hydrogen-bond donors (Lipinski definition) is 0. The third-order valence-corrected chi connectivity index (χ3v) is 10.3. The van der Waals surface area contributed by atoms with Crippen LogP contribution in [0.1, 0.15) is 73.1 Å². The standard InChI is InChI=1S/C17H36N2OSi/c1-7-20-21(6,18-14(2)10-8-11-15(18)3)19-16(4)12-9-13-17(19)5/h14-17H,7-13H2,1-6H3/t14-,15+,16-,17+. The minimum Gasteiger partial charge on any atom is -0.392 e. The Morgan fingerprint density at radius 2 is 1.14 bits per heavy atom. The smallest absolute Gasteiger partial charge is 0.354 e. The van der Waals surface area contributed by atoms with Crippen LogP contribution in [0.2, 0.25) is 6.55 Å². The molecule has 2 aliphatic heterocycles. The second-order valence-electron chi connectivity index (χ2n) is 7.44. The predicted molar refractivity (Wildman–Crippen MR) is 92.5 cm³/mol. The number of piperidine rings is 2. The third kappa shape index (κ3) is 3.38. The maximum atomic E-state index is 6.58. The Bertz CT molecular complexity index is 293. The lowest BCUT2D eigenvalue weighted by Gasteiger charge is -2.56. The van der Waals surface area contributed by atoms with Gasteiger partial charge in [-0.05, 0) is 39.2 Å². The van der Waals surface area contributed by atoms with Crippen LogP contribution in [-0.4, -0.2) is 48.5 Å². The van der Waals surface area contributed by atoms with Gasteiger partial charge in [0.2, 0.25) is 0 Å². The fourth-order valence-electron chi connectivity index (χ4n) is 5.03. The number of rotatable bonds is 4. The van der Waals surface area contributed by atoms with E-state index in [0.717, 1.165) is 6.61 Å². The quantitative estimate of drug-likeness (QED) is 0.726. The molecule has 2 heterocycles. The highest BCUT2D eigenvalue weighted by atomic mass is 28.4. The first-order valence-corrected chi connectivity index (χ1v) is 11.4. The largest absolute Gasteiger partial charge is 0.392 e. The summed E-state index contributed by atoms with van der Waals surface area (Å²) in [6.45, 7) is 15.1. The summed E-state index contributed by atoms with van der Waals surface area (Å²) in [5.74, 6) is 0. The van der Waals surface area contributed by atoms with Gasteiger partial charge in [0.05, 0.1) is 0 Å². The second-order valence-corrected chi connectivity index (χ2v) is 10.6. The Labute approximate surface area is 133 Å². The molecule has 0 aromatic heterocycles. The van der Waals surface area contributed by atoms with Crippen molar-refractivity contribution in [3.63, 3.8) is 0 Å². The van der Waals surface area contributed by atoms with E-state index in [4.69, 9.17) is 4.43 Å². The zero-order chi connectivity index (χ0) is 15.6. The first kappa shape index (κ1) is 17.5. The lowest BCUT2D eigenvalue weighted by Crippen LogP contribution is -2.74. The van der Waals surface area contributed by atoms with E-state index in [2.05, 4.69) is 50.3 Å². The van der Waals surface area contributed by atoms with Gasteiger partial charge in [-0.1, -0.05) is 40.5 Å². The first-order chi connectivity index (χ1) is 9.91. The van der Waals surface area contributed by atoms with E-state index in [0.29, 0.717) is 24.2 Å². The fourth-order valence-corrected chi connectivity index (χ4v) is 9.93. The predicted octanol–water partition coefficient (Wildman–Crippen LogP) is 4.12. The van der Waals surface area contributed by atoms with E-state index in [1.807, 2.05) is 0 Å². The SMILES string of the molecule is CCO[Si](C)(N1[C@H](C)CCC[C@@H]1C)N1[C@H](C)CCC[C@@H]1C. The molecule has 124 valence electrons. The van der Waals surface area contributed by atoms with Crippen LogP contribution in [-0.2, 0) is 4.43 Å². The van der Waals surface area contributed by atoms with E-state index in [1.54, 1.807) is 0 Å². The molecule has 21 heavy (non-hydrogen) atoms. The summed E-state index contributed by atoms with van der Waals surface area (Å²) >= 11 is 0. The Hall–Kier alpha value is 0.0969. The van der Waals surface area contributed by atoms with Gasteiger partial charge in [0, 0.05) is 30.8 Å². The molecule has 0 saturated carbocycles. The monoisotopic (exact) mass is 312 g/mol. The highest BCUT2D eigenvalue weighted by molar-refractivity contribution is 6.67. The third-order valence-electron chi connectivity index (χ3n) is 5.76. The Balaban J connectivity index is 2.33. The molecule has 2 fully saturated rings. The van der Waals surface area contributed by atoms with Gasteiger partial charge in [-0.3, -0.25) is 9.13 Å². The van der Waals surface area contributed by atoms with Gasteiger partial charge in [-0.2, -0.15) is 0 Å². The minimum atomic E-state index is -2.03. The lowest BCUT2D eigenvalue weighted by molar-refractivity contribution is 0.0652. The summed E-state index contributed by atoms with van der Waals surface area (Å²) in [6, 6.07) is 2.66. The van der Waals surface area contributed by atoms with Crippen LogP contribution in [0.25, 0.3) is 0 Å². The molecule has 4 heteroatoms. The van der Waals surface area contributed by atoms with Gasteiger partial charge in [0.25, 0.3) is 0 Å². The topological polar surface area (TPSA) is 15.7 Å². The van der Waals surface area contributed by atoms with Crippen molar-refractivity contribution >= 4 is 8.64 Å². The van der Waals surface area contributed by atoms with Crippen molar-refractivity contribution in [2.45, 2.75) is 104 Å². The number of nitrogens with zero attached hydrogens (tertiary/aromatic N) is 2. The molecule has 0 aromatic carbocycles. The molecular weight excluding hydrogens is 276 g/mol. The normalized spacial score (nSPS) is 36.9. The maximum Gasteiger partial charge on any atom is 0.354 e. The van der Waals surface area contributed by atoms with E-state index < -0.39 is 8.64 Å². The second kappa shape index (κ2) is 7.11. The first-order valence-electron chi connectivity index (χ1n) is 9.12. The van der Waals surface area contributed by atoms with E-state index in [9.17, 15) is 0 Å². The van der Waals surface area contributed by atoms with E-state index in [1.165, 1.54) is 38.5 Å². The van der Waals surface area contributed by atoms with Crippen LogP contribution in [0.5, 0.6) is 0 Å².